The topological polar surface area (TPSA) is 105 Å². The number of piperazine rings is 1. The number of benzene rings is 1. The molecular formula is C13H20N4O3S. The second-order valence-corrected chi connectivity index (χ2v) is 6.58. The van der Waals surface area contributed by atoms with E-state index in [0.29, 0.717) is 5.69 Å². The monoisotopic (exact) mass is 312 g/mol. The van der Waals surface area contributed by atoms with Gasteiger partial charge in [0.15, 0.2) is 0 Å². The third kappa shape index (κ3) is 4.24. The second kappa shape index (κ2) is 6.52. The molecule has 7 nitrogen and oxygen atoms in total. The van der Waals surface area contributed by atoms with E-state index in [-0.39, 0.29) is 16.8 Å². The van der Waals surface area contributed by atoms with Crippen molar-refractivity contribution in [2.45, 2.75) is 17.9 Å². The van der Waals surface area contributed by atoms with Gasteiger partial charge in [-0.05, 0) is 31.2 Å². The van der Waals surface area contributed by atoms with Crippen LogP contribution in [0.2, 0.25) is 0 Å². The number of nitrogens with zero attached hydrogens (tertiary/aromatic N) is 1. The lowest BCUT2D eigenvalue weighted by Gasteiger charge is -2.31. The molecule has 0 spiro atoms. The lowest BCUT2D eigenvalue weighted by molar-refractivity contribution is -0.120. The van der Waals surface area contributed by atoms with Crippen molar-refractivity contribution in [3.8, 4) is 0 Å². The Hall–Kier alpha value is -1.48. The van der Waals surface area contributed by atoms with Crippen molar-refractivity contribution in [2.24, 2.45) is 5.14 Å². The molecule has 1 aliphatic rings. The van der Waals surface area contributed by atoms with E-state index in [0.717, 1.165) is 26.2 Å². The molecule has 4 N–H and O–H groups in total. The fourth-order valence-electron chi connectivity index (χ4n) is 2.21. The van der Waals surface area contributed by atoms with Gasteiger partial charge in [-0.2, -0.15) is 0 Å². The van der Waals surface area contributed by atoms with Crippen LogP contribution < -0.4 is 15.8 Å². The first-order chi connectivity index (χ1) is 9.88. The van der Waals surface area contributed by atoms with Crippen molar-refractivity contribution in [1.29, 1.82) is 0 Å². The molecule has 0 radical (unpaired) electrons. The molecule has 1 saturated heterocycles. The minimum atomic E-state index is -3.71. The zero-order valence-electron chi connectivity index (χ0n) is 11.9. The molecule has 1 amide bonds. The largest absolute Gasteiger partial charge is 0.325 e. The summed E-state index contributed by atoms with van der Waals surface area (Å²) < 4.78 is 22.3. The summed E-state index contributed by atoms with van der Waals surface area (Å²) in [6, 6.07) is 5.58. The normalized spacial score (nSPS) is 18.2. The molecule has 21 heavy (non-hydrogen) atoms. The molecule has 1 atom stereocenters. The lowest BCUT2D eigenvalue weighted by atomic mass is 10.2. The summed E-state index contributed by atoms with van der Waals surface area (Å²) in [5.74, 6) is -0.111. The van der Waals surface area contributed by atoms with Crippen molar-refractivity contribution >= 4 is 21.6 Å². The number of carbonyl (C=O) groups is 1. The number of hydrogen-bond donors (Lipinski definition) is 3. The van der Waals surface area contributed by atoms with E-state index in [1.54, 1.807) is 0 Å². The van der Waals surface area contributed by atoms with Crippen LogP contribution in [0.4, 0.5) is 5.69 Å². The van der Waals surface area contributed by atoms with E-state index in [2.05, 4.69) is 15.5 Å². The second-order valence-electron chi connectivity index (χ2n) is 5.02. The average molecular weight is 312 g/mol. The van der Waals surface area contributed by atoms with E-state index in [1.165, 1.54) is 24.3 Å². The molecule has 1 aromatic rings. The molecule has 116 valence electrons. The van der Waals surface area contributed by atoms with Crippen LogP contribution in [0.1, 0.15) is 6.92 Å². The van der Waals surface area contributed by atoms with Gasteiger partial charge in [-0.3, -0.25) is 9.69 Å². The highest BCUT2D eigenvalue weighted by Gasteiger charge is 2.22. The van der Waals surface area contributed by atoms with Gasteiger partial charge >= 0.3 is 0 Å². The summed E-state index contributed by atoms with van der Waals surface area (Å²) in [6.45, 7) is 5.28. The van der Waals surface area contributed by atoms with Gasteiger partial charge in [0.25, 0.3) is 0 Å². The van der Waals surface area contributed by atoms with Gasteiger partial charge in [0.1, 0.15) is 0 Å². The standard InChI is InChI=1S/C13H20N4O3S/c1-10(17-8-6-15-7-9-17)13(18)16-11-2-4-12(5-3-11)21(14,19)20/h2-5,10,15H,6-9H2,1H3,(H,16,18)(H2,14,19,20). The van der Waals surface area contributed by atoms with Gasteiger partial charge in [-0.1, -0.05) is 0 Å². The first kappa shape index (κ1) is 15.9. The average Bonchev–Trinajstić information content (AvgIpc) is 2.47. The Morgan fingerprint density at radius 3 is 2.38 bits per heavy atom. The molecule has 0 saturated carbocycles. The number of hydrogen-bond acceptors (Lipinski definition) is 5. The number of carbonyl (C=O) groups excluding carboxylic acids is 1. The van der Waals surface area contributed by atoms with E-state index in [1.807, 2.05) is 6.92 Å². The van der Waals surface area contributed by atoms with Gasteiger partial charge in [0.2, 0.25) is 15.9 Å². The van der Waals surface area contributed by atoms with E-state index in [4.69, 9.17) is 5.14 Å². The number of sulfonamides is 1. The highest BCUT2D eigenvalue weighted by molar-refractivity contribution is 7.89. The predicted octanol–water partition coefficient (Wildman–Crippen LogP) is -0.434. The molecule has 1 unspecified atom stereocenters. The van der Waals surface area contributed by atoms with Crippen molar-refractivity contribution in [2.75, 3.05) is 31.5 Å². The number of amides is 1. The van der Waals surface area contributed by atoms with Crippen LogP contribution in [-0.4, -0.2) is 51.4 Å². The van der Waals surface area contributed by atoms with Crippen molar-refractivity contribution in [3.63, 3.8) is 0 Å². The lowest BCUT2D eigenvalue weighted by Crippen LogP contribution is -2.51. The van der Waals surface area contributed by atoms with Crippen molar-refractivity contribution < 1.29 is 13.2 Å². The van der Waals surface area contributed by atoms with Crippen LogP contribution >= 0.6 is 0 Å². The molecule has 0 aromatic heterocycles. The van der Waals surface area contributed by atoms with Crippen molar-refractivity contribution in [1.82, 2.24) is 10.2 Å². The van der Waals surface area contributed by atoms with Gasteiger partial charge in [-0.15, -0.1) is 0 Å². The van der Waals surface area contributed by atoms with E-state index in [9.17, 15) is 13.2 Å². The summed E-state index contributed by atoms with van der Waals surface area (Å²) in [4.78, 5) is 14.3. The minimum absolute atomic E-state index is 0.0238. The van der Waals surface area contributed by atoms with Crippen molar-refractivity contribution in [3.05, 3.63) is 24.3 Å². The summed E-state index contributed by atoms with van der Waals surface area (Å²) in [7, 11) is -3.71. The maximum Gasteiger partial charge on any atom is 0.241 e. The Labute approximate surface area is 124 Å². The molecule has 1 heterocycles. The number of nitrogens with two attached hydrogens (primary N) is 1. The Morgan fingerprint density at radius 2 is 1.86 bits per heavy atom. The molecule has 0 aliphatic carbocycles. The highest BCUT2D eigenvalue weighted by Crippen LogP contribution is 2.13. The molecule has 2 rings (SSSR count). The van der Waals surface area contributed by atoms with Gasteiger partial charge in [0.05, 0.1) is 10.9 Å². The fraction of sp³-hybridized carbons (Fsp3) is 0.462. The van der Waals surface area contributed by atoms with Crippen LogP contribution in [0.15, 0.2) is 29.2 Å². The maximum atomic E-state index is 12.2. The predicted molar refractivity (Wildman–Crippen MR) is 80.3 cm³/mol. The number of nitrogens with one attached hydrogen (secondary N) is 2. The smallest absolute Gasteiger partial charge is 0.241 e. The van der Waals surface area contributed by atoms with Crippen LogP contribution in [0.25, 0.3) is 0 Å². The van der Waals surface area contributed by atoms with Crippen LogP contribution in [0.5, 0.6) is 0 Å². The number of anilines is 1. The molecule has 1 fully saturated rings. The SMILES string of the molecule is CC(C(=O)Nc1ccc(S(N)(=O)=O)cc1)N1CCNCC1. The van der Waals surface area contributed by atoms with Gasteiger partial charge in [0, 0.05) is 31.9 Å². The molecule has 1 aliphatic heterocycles. The highest BCUT2D eigenvalue weighted by atomic mass is 32.2. The summed E-state index contributed by atoms with van der Waals surface area (Å²) in [6.07, 6.45) is 0. The Bertz CT molecular complexity index is 594. The fourth-order valence-corrected chi connectivity index (χ4v) is 2.73. The Kier molecular flexibility index (Phi) is 4.94. The quantitative estimate of drug-likeness (QED) is 0.699. The minimum Gasteiger partial charge on any atom is -0.325 e. The zero-order chi connectivity index (χ0) is 15.5. The summed E-state index contributed by atoms with van der Waals surface area (Å²) in [5.41, 5.74) is 0.550. The first-order valence-corrected chi connectivity index (χ1v) is 8.31. The van der Waals surface area contributed by atoms with Crippen LogP contribution in [0, 0.1) is 0 Å². The number of rotatable bonds is 4. The summed E-state index contributed by atoms with van der Waals surface area (Å²) >= 11 is 0. The summed E-state index contributed by atoms with van der Waals surface area (Å²) in [5, 5.41) is 11.0. The van der Waals surface area contributed by atoms with Gasteiger partial charge < -0.3 is 10.6 Å². The number of primary sulfonamides is 1. The Balaban J connectivity index is 1.99. The molecule has 0 bridgehead atoms. The molecular weight excluding hydrogens is 292 g/mol. The Morgan fingerprint density at radius 1 is 1.29 bits per heavy atom. The van der Waals surface area contributed by atoms with E-state index < -0.39 is 10.0 Å². The zero-order valence-corrected chi connectivity index (χ0v) is 12.7. The molecule has 1 aromatic carbocycles. The third-order valence-electron chi connectivity index (χ3n) is 3.53. The molecule has 8 heteroatoms. The third-order valence-corrected chi connectivity index (χ3v) is 4.46. The van der Waals surface area contributed by atoms with E-state index >= 15 is 0 Å². The van der Waals surface area contributed by atoms with Gasteiger partial charge in [-0.25, -0.2) is 13.6 Å². The van der Waals surface area contributed by atoms with Crippen LogP contribution in [-0.2, 0) is 14.8 Å². The maximum absolute atomic E-state index is 12.2. The van der Waals surface area contributed by atoms with Crippen LogP contribution in [0.3, 0.4) is 0 Å². The first-order valence-electron chi connectivity index (χ1n) is 6.76.